The van der Waals surface area contributed by atoms with Crippen LogP contribution in [0.2, 0.25) is 0 Å². The maximum Gasteiger partial charge on any atom is 0.240 e. The molecule has 0 spiro atoms. The van der Waals surface area contributed by atoms with Crippen molar-refractivity contribution in [1.29, 1.82) is 0 Å². The first-order valence-electron chi connectivity index (χ1n) is 12.3. The second-order valence-electron chi connectivity index (χ2n) is 8.99. The highest BCUT2D eigenvalue weighted by molar-refractivity contribution is 8.00. The lowest BCUT2D eigenvalue weighted by Crippen LogP contribution is -2.36. The van der Waals surface area contributed by atoms with Crippen molar-refractivity contribution in [3.05, 3.63) is 66.5 Å². The van der Waals surface area contributed by atoms with Crippen LogP contribution < -0.4 is 10.0 Å². The number of nitrogens with zero attached hydrogens (tertiary/aromatic N) is 2. The van der Waals surface area contributed by atoms with Gasteiger partial charge in [-0.3, -0.25) is 4.79 Å². The van der Waals surface area contributed by atoms with Gasteiger partial charge in [0, 0.05) is 17.3 Å². The molecule has 1 aromatic heterocycles. The monoisotopic (exact) mass is 524 g/mol. The average molecular weight is 525 g/mol. The molecular weight excluding hydrogens is 492 g/mol. The molecule has 0 aliphatic heterocycles. The van der Waals surface area contributed by atoms with Crippen LogP contribution in [0.4, 0.5) is 5.69 Å². The minimum Gasteiger partial charge on any atom is -0.325 e. The summed E-state index contributed by atoms with van der Waals surface area (Å²) in [4.78, 5) is 22.3. The van der Waals surface area contributed by atoms with Crippen molar-refractivity contribution in [3.8, 4) is 11.3 Å². The summed E-state index contributed by atoms with van der Waals surface area (Å²) in [7, 11) is -3.58. The fraction of sp³-hybridized carbons (Fsp3) is 0.370. The molecule has 7 nitrogen and oxygen atoms in total. The summed E-state index contributed by atoms with van der Waals surface area (Å²) in [5.74, 6) is 0.490. The van der Waals surface area contributed by atoms with Crippen LogP contribution in [0.25, 0.3) is 11.3 Å². The standard InChI is InChI=1S/C27H32N4O3S2/c1-3-25(35-26-18-24(28-19(2)29-26)20-10-6-4-7-11-20)27(32)30-21-14-16-23(17-15-21)36(33,34)31-22-12-8-5-9-13-22/h4,6-7,10-11,14-18,22,25,31H,3,5,8-9,12-13H2,1-2H3,(H,30,32). The van der Waals surface area contributed by atoms with Crippen molar-refractivity contribution in [2.75, 3.05) is 5.32 Å². The van der Waals surface area contributed by atoms with Crippen LogP contribution >= 0.6 is 11.8 Å². The van der Waals surface area contributed by atoms with Gasteiger partial charge < -0.3 is 5.32 Å². The predicted molar refractivity (Wildman–Crippen MR) is 144 cm³/mol. The molecule has 1 amide bonds. The van der Waals surface area contributed by atoms with Gasteiger partial charge in [-0.25, -0.2) is 23.1 Å². The molecule has 0 radical (unpaired) electrons. The molecule has 1 unspecified atom stereocenters. The molecule has 2 aromatic carbocycles. The number of benzene rings is 2. The summed E-state index contributed by atoms with van der Waals surface area (Å²) in [6.45, 7) is 3.80. The first-order valence-corrected chi connectivity index (χ1v) is 14.7. The summed E-state index contributed by atoms with van der Waals surface area (Å²) in [6, 6.07) is 18.1. The number of aryl methyl sites for hydroxylation is 1. The summed E-state index contributed by atoms with van der Waals surface area (Å²) in [5, 5.41) is 3.29. The molecule has 1 saturated carbocycles. The molecule has 1 fully saturated rings. The number of amides is 1. The van der Waals surface area contributed by atoms with Crippen LogP contribution in [0.15, 0.2) is 70.6 Å². The molecule has 36 heavy (non-hydrogen) atoms. The Morgan fingerprint density at radius 3 is 2.39 bits per heavy atom. The molecule has 1 aliphatic carbocycles. The molecule has 0 saturated heterocycles. The lowest BCUT2D eigenvalue weighted by atomic mass is 9.96. The normalized spacial score (nSPS) is 15.4. The average Bonchev–Trinajstić information content (AvgIpc) is 2.88. The number of anilines is 1. The zero-order chi connectivity index (χ0) is 25.5. The number of rotatable bonds is 9. The molecule has 2 N–H and O–H groups in total. The Morgan fingerprint density at radius 1 is 1.03 bits per heavy atom. The van der Waals surface area contributed by atoms with Crippen LogP contribution in [0, 0.1) is 6.92 Å². The van der Waals surface area contributed by atoms with Gasteiger partial charge in [-0.05, 0) is 56.5 Å². The predicted octanol–water partition coefficient (Wildman–Crippen LogP) is 5.57. The number of nitrogens with one attached hydrogen (secondary N) is 2. The molecule has 1 atom stereocenters. The van der Waals surface area contributed by atoms with E-state index in [1.165, 1.54) is 23.9 Å². The van der Waals surface area contributed by atoms with Gasteiger partial charge in [0.25, 0.3) is 0 Å². The zero-order valence-corrected chi connectivity index (χ0v) is 22.2. The molecule has 3 aromatic rings. The zero-order valence-electron chi connectivity index (χ0n) is 20.6. The number of sulfonamides is 1. The Kier molecular flexibility index (Phi) is 8.77. The van der Waals surface area contributed by atoms with E-state index in [0.717, 1.165) is 48.4 Å². The van der Waals surface area contributed by atoms with Gasteiger partial charge in [0.15, 0.2) is 0 Å². The maximum atomic E-state index is 13.0. The van der Waals surface area contributed by atoms with Gasteiger partial charge in [0.1, 0.15) is 10.9 Å². The van der Waals surface area contributed by atoms with Gasteiger partial charge in [0.05, 0.1) is 15.8 Å². The second-order valence-corrected chi connectivity index (χ2v) is 11.9. The Morgan fingerprint density at radius 2 is 1.72 bits per heavy atom. The van der Waals surface area contributed by atoms with Gasteiger partial charge in [0.2, 0.25) is 15.9 Å². The molecule has 0 bridgehead atoms. The smallest absolute Gasteiger partial charge is 0.240 e. The Bertz CT molecular complexity index is 1280. The Labute approximate surface area is 217 Å². The number of hydrogen-bond donors (Lipinski definition) is 2. The third-order valence-corrected chi connectivity index (χ3v) is 8.99. The van der Waals surface area contributed by atoms with Gasteiger partial charge in [-0.15, -0.1) is 0 Å². The molecule has 1 aliphatic rings. The van der Waals surface area contributed by atoms with E-state index in [2.05, 4.69) is 20.0 Å². The van der Waals surface area contributed by atoms with E-state index in [1.807, 2.05) is 50.2 Å². The van der Waals surface area contributed by atoms with Crippen LogP contribution in [-0.4, -0.2) is 35.6 Å². The number of thioether (sulfide) groups is 1. The molecular formula is C27H32N4O3S2. The number of hydrogen-bond acceptors (Lipinski definition) is 6. The van der Waals surface area contributed by atoms with Crippen LogP contribution in [-0.2, 0) is 14.8 Å². The minimum atomic E-state index is -3.58. The first-order chi connectivity index (χ1) is 17.3. The van der Waals surface area contributed by atoms with E-state index < -0.39 is 10.0 Å². The highest BCUT2D eigenvalue weighted by atomic mass is 32.2. The third kappa shape index (κ3) is 6.93. The summed E-state index contributed by atoms with van der Waals surface area (Å²) in [6.07, 6.45) is 5.63. The fourth-order valence-corrected chi connectivity index (χ4v) is 6.57. The lowest BCUT2D eigenvalue weighted by Gasteiger charge is -2.22. The maximum absolute atomic E-state index is 13.0. The Hall–Kier alpha value is -2.75. The molecule has 1 heterocycles. The largest absolute Gasteiger partial charge is 0.325 e. The van der Waals surface area contributed by atoms with E-state index in [-0.39, 0.29) is 22.1 Å². The first kappa shape index (κ1) is 26.3. The fourth-order valence-electron chi connectivity index (χ4n) is 4.27. The second kappa shape index (κ2) is 12.0. The number of aromatic nitrogens is 2. The number of carbonyl (C=O) groups is 1. The summed E-state index contributed by atoms with van der Waals surface area (Å²) < 4.78 is 28.3. The van der Waals surface area contributed by atoms with Gasteiger partial charge in [-0.1, -0.05) is 68.3 Å². The van der Waals surface area contributed by atoms with E-state index >= 15 is 0 Å². The summed E-state index contributed by atoms with van der Waals surface area (Å²) >= 11 is 1.40. The highest BCUT2D eigenvalue weighted by Crippen LogP contribution is 2.28. The molecule has 9 heteroatoms. The minimum absolute atomic E-state index is 0.00157. The lowest BCUT2D eigenvalue weighted by molar-refractivity contribution is -0.115. The SMILES string of the molecule is CCC(Sc1cc(-c2ccccc2)nc(C)n1)C(=O)Nc1ccc(S(=O)(=O)NC2CCCCC2)cc1. The Balaban J connectivity index is 1.41. The highest BCUT2D eigenvalue weighted by Gasteiger charge is 2.23. The third-order valence-electron chi connectivity index (χ3n) is 6.17. The molecule has 4 rings (SSSR count). The van der Waals surface area contributed by atoms with E-state index in [0.29, 0.717) is 17.9 Å². The quantitative estimate of drug-likeness (QED) is 0.280. The topological polar surface area (TPSA) is 101 Å². The van der Waals surface area contributed by atoms with Crippen molar-refractivity contribution in [1.82, 2.24) is 14.7 Å². The van der Waals surface area contributed by atoms with Crippen molar-refractivity contribution >= 4 is 33.4 Å². The van der Waals surface area contributed by atoms with E-state index in [9.17, 15) is 13.2 Å². The van der Waals surface area contributed by atoms with Gasteiger partial charge in [-0.2, -0.15) is 0 Å². The van der Waals surface area contributed by atoms with E-state index in [1.54, 1.807) is 12.1 Å². The number of carbonyl (C=O) groups excluding carboxylic acids is 1. The van der Waals surface area contributed by atoms with E-state index in [4.69, 9.17) is 0 Å². The van der Waals surface area contributed by atoms with Crippen molar-refractivity contribution in [3.63, 3.8) is 0 Å². The van der Waals surface area contributed by atoms with Gasteiger partial charge >= 0.3 is 0 Å². The van der Waals surface area contributed by atoms with Crippen LogP contribution in [0.5, 0.6) is 0 Å². The van der Waals surface area contributed by atoms with Crippen molar-refractivity contribution < 1.29 is 13.2 Å². The van der Waals surface area contributed by atoms with Crippen LogP contribution in [0.3, 0.4) is 0 Å². The van der Waals surface area contributed by atoms with Crippen LogP contribution in [0.1, 0.15) is 51.3 Å². The van der Waals surface area contributed by atoms with Crippen molar-refractivity contribution in [2.45, 2.75) is 73.6 Å². The van der Waals surface area contributed by atoms with Crippen molar-refractivity contribution in [2.24, 2.45) is 0 Å². The molecule has 190 valence electrons. The summed E-state index contributed by atoms with van der Waals surface area (Å²) in [5.41, 5.74) is 2.37.